The first-order valence-electron chi connectivity index (χ1n) is 11.6. The second-order valence-electron chi connectivity index (χ2n) is 11.3. The molecule has 5 aliphatic rings. The minimum absolute atomic E-state index is 0.0125. The highest BCUT2D eigenvalue weighted by atomic mass is 19.4. The van der Waals surface area contributed by atoms with Crippen LogP contribution in [0.5, 0.6) is 5.75 Å². The molecule has 2 saturated heterocycles. The van der Waals surface area contributed by atoms with E-state index in [2.05, 4.69) is 10.3 Å². The van der Waals surface area contributed by atoms with Gasteiger partial charge in [0.1, 0.15) is 23.7 Å². The molecule has 1 aromatic rings. The molecule has 2 bridgehead atoms. The fraction of sp³-hybridized carbons (Fsp3) is 0.783. The van der Waals surface area contributed by atoms with E-state index in [-0.39, 0.29) is 73.9 Å². The summed E-state index contributed by atoms with van der Waals surface area (Å²) in [6.07, 6.45) is -5.52. The van der Waals surface area contributed by atoms with Crippen molar-refractivity contribution in [3.8, 4) is 5.75 Å². The van der Waals surface area contributed by atoms with Crippen LogP contribution in [0.25, 0.3) is 0 Å². The van der Waals surface area contributed by atoms with Crippen molar-refractivity contribution in [1.29, 1.82) is 0 Å². The summed E-state index contributed by atoms with van der Waals surface area (Å²) < 4.78 is 86.4. The molecule has 3 heterocycles. The van der Waals surface area contributed by atoms with Crippen LogP contribution in [0, 0.1) is 16.7 Å². The number of ether oxygens (including phenoxy) is 1. The zero-order chi connectivity index (χ0) is 24.7. The molecule has 3 aliphatic carbocycles. The third kappa shape index (κ3) is 3.92. The summed E-state index contributed by atoms with van der Waals surface area (Å²) in [5.41, 5.74) is -3.71. The lowest BCUT2D eigenvalue weighted by molar-refractivity contribution is -0.378. The maximum atomic E-state index is 13.7. The second-order valence-corrected chi connectivity index (χ2v) is 11.3. The maximum absolute atomic E-state index is 13.7. The molecule has 11 heteroatoms. The number of pyridine rings is 1. The van der Waals surface area contributed by atoms with Gasteiger partial charge in [-0.2, -0.15) is 26.3 Å². The number of rotatable bonds is 5. The summed E-state index contributed by atoms with van der Waals surface area (Å²) in [5, 5.41) is 13.2. The highest BCUT2D eigenvalue weighted by Gasteiger charge is 2.79. The number of aliphatic hydroxyl groups is 1. The van der Waals surface area contributed by atoms with Crippen LogP contribution in [0.2, 0.25) is 0 Å². The molecular weight excluding hydrogens is 464 g/mol. The molecule has 6 rings (SSSR count). The zero-order valence-electron chi connectivity index (χ0n) is 19.1. The number of hydrogen-bond acceptors (Lipinski definition) is 5. The van der Waals surface area contributed by atoms with Crippen LogP contribution in [-0.2, 0) is 6.18 Å². The van der Waals surface area contributed by atoms with Gasteiger partial charge in [-0.15, -0.1) is 0 Å². The standard InChI is InChI=1S/C23H29F6N3O2/c1-13-3-14(20-8-21(9-20,10-20)23(27,28)29)4-15(31-13)7-34-16-5-17(22(24,25)26)18(30-6-16)32-11-19(2,33)12-32/h5-6,13-15,31,33H,3-4,7-12H2,1-2H3. The van der Waals surface area contributed by atoms with E-state index in [0.29, 0.717) is 6.42 Å². The SMILES string of the molecule is CC1CC(C23CC(C(F)(F)F)(C2)C3)CC(COc2cnc(N3CC(C)(O)C3)c(C(F)(F)F)c2)N1. The first-order valence-corrected chi connectivity index (χ1v) is 11.6. The summed E-state index contributed by atoms with van der Waals surface area (Å²) in [6, 6.07) is 0.852. The molecule has 190 valence electrons. The third-order valence-corrected chi connectivity index (χ3v) is 8.23. The van der Waals surface area contributed by atoms with Gasteiger partial charge in [-0.05, 0) is 63.4 Å². The predicted octanol–water partition coefficient (Wildman–Crippen LogP) is 4.54. The summed E-state index contributed by atoms with van der Waals surface area (Å²) in [6.45, 7) is 3.76. The molecule has 0 aromatic carbocycles. The molecule has 2 aliphatic heterocycles. The Bertz CT molecular complexity index is 935. The molecular formula is C23H29F6N3O2. The topological polar surface area (TPSA) is 57.6 Å². The number of aromatic nitrogens is 1. The van der Waals surface area contributed by atoms with E-state index in [0.717, 1.165) is 12.5 Å². The van der Waals surface area contributed by atoms with Crippen LogP contribution in [0.15, 0.2) is 12.3 Å². The van der Waals surface area contributed by atoms with Gasteiger partial charge in [0, 0.05) is 25.2 Å². The fourth-order valence-electron chi connectivity index (χ4n) is 6.72. The van der Waals surface area contributed by atoms with Crippen molar-refractivity contribution in [2.75, 3.05) is 24.6 Å². The molecule has 3 unspecified atom stereocenters. The van der Waals surface area contributed by atoms with Crippen molar-refractivity contribution >= 4 is 5.82 Å². The van der Waals surface area contributed by atoms with Gasteiger partial charge in [0.2, 0.25) is 0 Å². The number of anilines is 1. The Labute approximate surface area is 193 Å². The summed E-state index contributed by atoms with van der Waals surface area (Å²) in [4.78, 5) is 5.34. The van der Waals surface area contributed by atoms with Crippen molar-refractivity contribution in [2.45, 2.75) is 76.0 Å². The minimum atomic E-state index is -4.63. The maximum Gasteiger partial charge on any atom is 0.420 e. The molecule has 0 spiro atoms. The highest BCUT2D eigenvalue weighted by Crippen LogP contribution is 2.81. The Morgan fingerprint density at radius 1 is 1.15 bits per heavy atom. The smallest absolute Gasteiger partial charge is 0.420 e. The van der Waals surface area contributed by atoms with Gasteiger partial charge < -0.3 is 20.1 Å². The van der Waals surface area contributed by atoms with E-state index >= 15 is 0 Å². The minimum Gasteiger partial charge on any atom is -0.490 e. The molecule has 34 heavy (non-hydrogen) atoms. The predicted molar refractivity (Wildman–Crippen MR) is 111 cm³/mol. The lowest BCUT2D eigenvalue weighted by atomic mass is 9.31. The van der Waals surface area contributed by atoms with E-state index in [1.807, 2.05) is 6.92 Å². The number of halogens is 6. The van der Waals surface area contributed by atoms with E-state index in [4.69, 9.17) is 4.74 Å². The van der Waals surface area contributed by atoms with Gasteiger partial charge in [0.05, 0.1) is 17.2 Å². The molecule has 5 fully saturated rings. The number of β-amino-alcohol motifs (C(OH)–C–C–N with tert-alkyl or cyclic N) is 1. The van der Waals surface area contributed by atoms with Crippen LogP contribution >= 0.6 is 0 Å². The Hall–Kier alpha value is -1.75. The van der Waals surface area contributed by atoms with Gasteiger partial charge in [-0.1, -0.05) is 0 Å². The Kier molecular flexibility index (Phi) is 5.20. The monoisotopic (exact) mass is 493 g/mol. The van der Waals surface area contributed by atoms with Gasteiger partial charge >= 0.3 is 12.4 Å². The average Bonchev–Trinajstić information content (AvgIpc) is 2.59. The first-order chi connectivity index (χ1) is 15.6. The molecule has 0 radical (unpaired) electrons. The van der Waals surface area contributed by atoms with Gasteiger partial charge in [-0.3, -0.25) is 0 Å². The van der Waals surface area contributed by atoms with Crippen LogP contribution in [-0.4, -0.2) is 53.6 Å². The van der Waals surface area contributed by atoms with Crippen LogP contribution in [0.3, 0.4) is 0 Å². The third-order valence-electron chi connectivity index (χ3n) is 8.23. The first kappa shape index (κ1) is 24.0. The van der Waals surface area contributed by atoms with Crippen molar-refractivity contribution < 1.29 is 36.2 Å². The van der Waals surface area contributed by atoms with Crippen molar-refractivity contribution in [3.63, 3.8) is 0 Å². The number of hydrogen-bond donors (Lipinski definition) is 2. The highest BCUT2D eigenvalue weighted by molar-refractivity contribution is 5.54. The van der Waals surface area contributed by atoms with Gasteiger partial charge in [0.15, 0.2) is 0 Å². The Morgan fingerprint density at radius 3 is 2.35 bits per heavy atom. The lowest BCUT2D eigenvalue weighted by Gasteiger charge is -2.74. The van der Waals surface area contributed by atoms with Crippen molar-refractivity contribution in [2.24, 2.45) is 16.7 Å². The molecule has 0 amide bonds. The van der Waals surface area contributed by atoms with E-state index in [9.17, 15) is 31.4 Å². The average molecular weight is 493 g/mol. The zero-order valence-corrected chi connectivity index (χ0v) is 19.1. The van der Waals surface area contributed by atoms with Crippen LogP contribution in [0.1, 0.15) is 51.5 Å². The van der Waals surface area contributed by atoms with E-state index in [1.165, 1.54) is 11.1 Å². The molecule has 5 nitrogen and oxygen atoms in total. The Morgan fingerprint density at radius 2 is 1.79 bits per heavy atom. The largest absolute Gasteiger partial charge is 0.490 e. The quantitative estimate of drug-likeness (QED) is 0.590. The summed E-state index contributed by atoms with van der Waals surface area (Å²) in [7, 11) is 0. The van der Waals surface area contributed by atoms with Gasteiger partial charge in [-0.25, -0.2) is 4.98 Å². The fourth-order valence-corrected chi connectivity index (χ4v) is 6.72. The van der Waals surface area contributed by atoms with Crippen LogP contribution < -0.4 is 15.0 Å². The second kappa shape index (κ2) is 7.38. The van der Waals surface area contributed by atoms with Gasteiger partial charge in [0.25, 0.3) is 0 Å². The molecule has 2 N–H and O–H groups in total. The molecule has 1 aromatic heterocycles. The number of piperidine rings is 1. The van der Waals surface area contributed by atoms with E-state index in [1.54, 1.807) is 6.92 Å². The lowest BCUT2D eigenvalue weighted by Crippen LogP contribution is -2.71. The normalized spacial score (nSPS) is 36.9. The summed E-state index contributed by atoms with van der Waals surface area (Å²) in [5.74, 6) is -0.105. The molecule has 3 atom stereocenters. The summed E-state index contributed by atoms with van der Waals surface area (Å²) >= 11 is 0. The van der Waals surface area contributed by atoms with Crippen LogP contribution in [0.4, 0.5) is 32.2 Å². The molecule has 3 saturated carbocycles. The van der Waals surface area contributed by atoms with Crippen molar-refractivity contribution in [3.05, 3.63) is 17.8 Å². The number of nitrogens with one attached hydrogen (secondary N) is 1. The number of alkyl halides is 6. The Balaban J connectivity index is 1.23. The number of nitrogens with zero attached hydrogens (tertiary/aromatic N) is 2. The van der Waals surface area contributed by atoms with Crippen molar-refractivity contribution in [1.82, 2.24) is 10.3 Å². The van der Waals surface area contributed by atoms with E-state index < -0.39 is 28.9 Å².